The molecular formula is C14H25ClN2. The van der Waals surface area contributed by atoms with Crippen LogP contribution in [0.2, 0.25) is 0 Å². The summed E-state index contributed by atoms with van der Waals surface area (Å²) in [6.45, 7) is 5.65. The van der Waals surface area contributed by atoms with Gasteiger partial charge in [-0.15, -0.1) is 0 Å². The van der Waals surface area contributed by atoms with Gasteiger partial charge >= 0.3 is 0 Å². The van der Waals surface area contributed by atoms with Crippen LogP contribution >= 0.6 is 11.6 Å². The number of halogens is 1. The molecule has 0 bridgehead atoms. The van der Waals surface area contributed by atoms with E-state index in [4.69, 9.17) is 11.6 Å². The lowest BCUT2D eigenvalue weighted by Crippen LogP contribution is -2.63. The van der Waals surface area contributed by atoms with Gasteiger partial charge in [0.1, 0.15) is 0 Å². The van der Waals surface area contributed by atoms with Crippen molar-refractivity contribution in [2.45, 2.75) is 57.0 Å². The average Bonchev–Trinajstić information content (AvgIpc) is 2.80. The molecule has 1 unspecified atom stereocenters. The second kappa shape index (κ2) is 6.21. The molecule has 0 amide bonds. The molecule has 17 heavy (non-hydrogen) atoms. The Morgan fingerprint density at radius 1 is 1.41 bits per heavy atom. The predicted octanol–water partition coefficient (Wildman–Crippen LogP) is 3.13. The summed E-state index contributed by atoms with van der Waals surface area (Å²) < 4.78 is 0. The van der Waals surface area contributed by atoms with Gasteiger partial charge in [-0.25, -0.2) is 0 Å². The summed E-state index contributed by atoms with van der Waals surface area (Å²) in [5.74, 6) is 0. The zero-order chi connectivity index (χ0) is 12.1. The van der Waals surface area contributed by atoms with Gasteiger partial charge in [0.2, 0.25) is 0 Å². The number of nitrogens with zero attached hydrogens (tertiary/aromatic N) is 1. The number of hydrogen-bond acceptors (Lipinski definition) is 2. The third-order valence-corrected chi connectivity index (χ3v) is 4.60. The maximum Gasteiger partial charge on any atom is 0.0338 e. The molecule has 0 aromatic carbocycles. The summed E-state index contributed by atoms with van der Waals surface area (Å²) in [7, 11) is 0. The minimum atomic E-state index is 0.431. The molecule has 1 heterocycles. The number of hydrogen-bond donors (Lipinski definition) is 1. The lowest BCUT2D eigenvalue weighted by atomic mass is 9.90. The van der Waals surface area contributed by atoms with Gasteiger partial charge in [0.25, 0.3) is 0 Å². The van der Waals surface area contributed by atoms with Crippen molar-refractivity contribution < 1.29 is 0 Å². The molecule has 0 aromatic heterocycles. The Hall–Kier alpha value is -0.0500. The fourth-order valence-electron chi connectivity index (χ4n) is 3.47. The zero-order valence-corrected chi connectivity index (χ0v) is 11.7. The molecule has 1 saturated carbocycles. The first-order chi connectivity index (χ1) is 8.30. The maximum atomic E-state index is 5.69. The fraction of sp³-hybridized carbons (Fsp3) is 0.857. The highest BCUT2D eigenvalue weighted by atomic mass is 35.5. The van der Waals surface area contributed by atoms with Crippen molar-refractivity contribution in [2.75, 3.05) is 19.6 Å². The minimum absolute atomic E-state index is 0.431. The molecule has 0 aromatic rings. The molecule has 1 aliphatic carbocycles. The third kappa shape index (κ3) is 3.04. The molecule has 2 rings (SSSR count). The van der Waals surface area contributed by atoms with E-state index in [1.54, 1.807) is 5.54 Å². The van der Waals surface area contributed by atoms with E-state index < -0.39 is 0 Å². The second-order valence-corrected chi connectivity index (χ2v) is 5.82. The molecule has 2 fully saturated rings. The van der Waals surface area contributed by atoms with Crippen LogP contribution in [-0.4, -0.2) is 36.1 Å². The van der Waals surface area contributed by atoms with Gasteiger partial charge in [0, 0.05) is 36.8 Å². The molecule has 1 atom stereocenters. The highest BCUT2D eigenvalue weighted by Crippen LogP contribution is 2.37. The first kappa shape index (κ1) is 13.4. The van der Waals surface area contributed by atoms with Gasteiger partial charge in [0.15, 0.2) is 0 Å². The number of piperazine rings is 1. The molecule has 2 nitrogen and oxygen atoms in total. The van der Waals surface area contributed by atoms with Crippen LogP contribution in [0.4, 0.5) is 0 Å². The molecule has 3 heteroatoms. The first-order valence-corrected chi connectivity index (χ1v) is 7.48. The number of nitrogens with one attached hydrogen (secondary N) is 1. The van der Waals surface area contributed by atoms with E-state index in [1.165, 1.54) is 51.6 Å². The molecule has 1 spiro atoms. The second-order valence-electron chi connectivity index (χ2n) is 5.56. The van der Waals surface area contributed by atoms with E-state index in [1.807, 2.05) is 0 Å². The Morgan fingerprint density at radius 2 is 2.18 bits per heavy atom. The summed E-state index contributed by atoms with van der Waals surface area (Å²) in [6, 6.07) is 0.676. The molecule has 0 radical (unpaired) electrons. The number of rotatable bonds is 4. The van der Waals surface area contributed by atoms with E-state index in [-0.39, 0.29) is 0 Å². The smallest absolute Gasteiger partial charge is 0.0338 e. The van der Waals surface area contributed by atoms with Gasteiger partial charge in [-0.3, -0.25) is 4.90 Å². The summed E-state index contributed by atoms with van der Waals surface area (Å²) >= 11 is 5.69. The van der Waals surface area contributed by atoms with Crippen molar-refractivity contribution in [3.05, 3.63) is 11.6 Å². The molecule has 1 saturated heterocycles. The molecule has 1 N–H and O–H groups in total. The summed E-state index contributed by atoms with van der Waals surface area (Å²) in [6.07, 6.45) is 10.1. The zero-order valence-electron chi connectivity index (χ0n) is 10.9. The van der Waals surface area contributed by atoms with Crippen LogP contribution in [0.15, 0.2) is 11.6 Å². The Balaban J connectivity index is 2.01. The van der Waals surface area contributed by atoms with Gasteiger partial charge < -0.3 is 5.32 Å². The van der Waals surface area contributed by atoms with E-state index in [2.05, 4.69) is 23.2 Å². The van der Waals surface area contributed by atoms with Crippen LogP contribution in [0, 0.1) is 0 Å². The van der Waals surface area contributed by atoms with Gasteiger partial charge in [-0.05, 0) is 19.3 Å². The normalized spacial score (nSPS) is 29.4. The van der Waals surface area contributed by atoms with Crippen molar-refractivity contribution in [1.29, 1.82) is 0 Å². The first-order valence-electron chi connectivity index (χ1n) is 7.04. The van der Waals surface area contributed by atoms with Crippen LogP contribution in [0.5, 0.6) is 0 Å². The van der Waals surface area contributed by atoms with E-state index in [0.717, 1.165) is 6.54 Å². The van der Waals surface area contributed by atoms with Crippen LogP contribution in [0.3, 0.4) is 0 Å². The quantitative estimate of drug-likeness (QED) is 0.832. The van der Waals surface area contributed by atoms with Crippen molar-refractivity contribution in [2.24, 2.45) is 0 Å². The Bertz CT molecular complexity index is 259. The highest BCUT2D eigenvalue weighted by molar-refractivity contribution is 6.25. The molecule has 98 valence electrons. The van der Waals surface area contributed by atoms with Gasteiger partial charge in [0.05, 0.1) is 0 Å². The monoisotopic (exact) mass is 256 g/mol. The Morgan fingerprint density at radius 3 is 2.82 bits per heavy atom. The highest BCUT2D eigenvalue weighted by Gasteiger charge is 2.42. The average molecular weight is 257 g/mol. The van der Waals surface area contributed by atoms with E-state index in [9.17, 15) is 0 Å². The molecule has 2 aliphatic rings. The fourth-order valence-corrected chi connectivity index (χ4v) is 3.55. The van der Waals surface area contributed by atoms with Crippen molar-refractivity contribution in [3.8, 4) is 0 Å². The molecular weight excluding hydrogens is 232 g/mol. The summed E-state index contributed by atoms with van der Waals surface area (Å²) in [4.78, 5) is 2.68. The topological polar surface area (TPSA) is 15.3 Å². The van der Waals surface area contributed by atoms with Crippen molar-refractivity contribution in [3.63, 3.8) is 0 Å². The lowest BCUT2D eigenvalue weighted by Gasteiger charge is -2.48. The van der Waals surface area contributed by atoms with Gasteiger partial charge in [-0.1, -0.05) is 43.9 Å². The van der Waals surface area contributed by atoms with Crippen LogP contribution in [0.25, 0.3) is 0 Å². The van der Waals surface area contributed by atoms with E-state index in [0.29, 0.717) is 11.6 Å². The molecule has 1 aliphatic heterocycles. The SMILES string of the molecule is CCCC1CN(C/C=C/Cl)C2(CCCC2)CN1. The predicted molar refractivity (Wildman–Crippen MR) is 74.5 cm³/mol. The minimum Gasteiger partial charge on any atom is -0.311 e. The lowest BCUT2D eigenvalue weighted by molar-refractivity contribution is 0.0522. The maximum absolute atomic E-state index is 5.69. The van der Waals surface area contributed by atoms with Crippen LogP contribution in [0.1, 0.15) is 45.4 Å². The Labute approximate surface area is 110 Å². The summed E-state index contributed by atoms with van der Waals surface area (Å²) in [5.41, 5.74) is 2.10. The van der Waals surface area contributed by atoms with Crippen molar-refractivity contribution >= 4 is 11.6 Å². The largest absolute Gasteiger partial charge is 0.311 e. The van der Waals surface area contributed by atoms with E-state index >= 15 is 0 Å². The van der Waals surface area contributed by atoms with Crippen molar-refractivity contribution in [1.82, 2.24) is 10.2 Å². The van der Waals surface area contributed by atoms with Crippen LogP contribution < -0.4 is 5.32 Å². The third-order valence-electron chi connectivity index (χ3n) is 4.42. The Kier molecular flexibility index (Phi) is 4.89. The van der Waals surface area contributed by atoms with Crippen LogP contribution in [-0.2, 0) is 0 Å². The summed E-state index contributed by atoms with van der Waals surface area (Å²) in [5, 5.41) is 3.76. The van der Waals surface area contributed by atoms with Gasteiger partial charge in [-0.2, -0.15) is 0 Å². The standard InChI is InChI=1S/C14H25ClN2/c1-2-6-13-11-17(10-5-9-15)14(12-16-13)7-3-4-8-14/h5,9,13,16H,2-4,6-8,10-12H2,1H3/b9-5+.